The second-order valence-corrected chi connectivity index (χ2v) is 4.30. The predicted molar refractivity (Wildman–Crippen MR) is 60.5 cm³/mol. The summed E-state index contributed by atoms with van der Waals surface area (Å²) in [4.78, 5) is 11.2. The van der Waals surface area contributed by atoms with E-state index in [1.165, 1.54) is 0 Å². The van der Waals surface area contributed by atoms with Crippen LogP contribution in [0.15, 0.2) is 0 Å². The Kier molecular flexibility index (Phi) is 4.78. The Morgan fingerprint density at radius 3 is 2.75 bits per heavy atom. The van der Waals surface area contributed by atoms with Gasteiger partial charge in [0.05, 0.1) is 12.2 Å². The molecule has 1 aliphatic rings. The van der Waals surface area contributed by atoms with Crippen molar-refractivity contribution in [1.29, 1.82) is 0 Å². The number of primary amides is 1. The molecule has 16 heavy (non-hydrogen) atoms. The molecule has 4 unspecified atom stereocenters. The van der Waals surface area contributed by atoms with Gasteiger partial charge in [0.1, 0.15) is 6.61 Å². The minimum Gasteiger partial charge on any atom is -0.379 e. The van der Waals surface area contributed by atoms with Crippen molar-refractivity contribution in [3.63, 3.8) is 0 Å². The average molecular weight is 225 g/mol. The molecule has 1 rings (SSSR count). The van der Waals surface area contributed by atoms with Crippen molar-refractivity contribution in [2.75, 3.05) is 13.7 Å². The smallest absolute Gasteiger partial charge is 0.220 e. The molecule has 0 aromatic heterocycles. The lowest BCUT2D eigenvalue weighted by atomic mass is 9.78. The summed E-state index contributed by atoms with van der Waals surface area (Å²) in [5, 5.41) is 0. The van der Waals surface area contributed by atoms with Gasteiger partial charge in [-0.1, -0.05) is 12.8 Å². The molecule has 1 fully saturated rings. The van der Waals surface area contributed by atoms with Crippen LogP contribution in [-0.4, -0.2) is 31.8 Å². The van der Waals surface area contributed by atoms with Crippen molar-refractivity contribution >= 4 is 5.91 Å². The van der Waals surface area contributed by atoms with E-state index in [0.29, 0.717) is 6.42 Å². The van der Waals surface area contributed by atoms with E-state index in [1.807, 2.05) is 6.92 Å². The highest BCUT2D eigenvalue weighted by molar-refractivity contribution is 5.76. The molecule has 0 heterocycles. The first-order chi connectivity index (χ1) is 7.60. The Bertz CT molecular complexity index is 284. The van der Waals surface area contributed by atoms with E-state index in [-0.39, 0.29) is 36.6 Å². The number of rotatable bonds is 4. The Morgan fingerprint density at radius 1 is 1.56 bits per heavy atom. The van der Waals surface area contributed by atoms with Crippen molar-refractivity contribution in [2.24, 2.45) is 17.6 Å². The third kappa shape index (κ3) is 2.97. The number of hydrogen-bond acceptors (Lipinski definition) is 3. The second kappa shape index (κ2) is 5.88. The summed E-state index contributed by atoms with van der Waals surface area (Å²) >= 11 is 0. The Balaban J connectivity index is 2.65. The van der Waals surface area contributed by atoms with E-state index < -0.39 is 0 Å². The second-order valence-electron chi connectivity index (χ2n) is 4.30. The van der Waals surface area contributed by atoms with Crippen LogP contribution >= 0.6 is 0 Å². The lowest BCUT2D eigenvalue weighted by Crippen LogP contribution is -2.45. The molecule has 4 nitrogen and oxygen atoms in total. The number of amides is 1. The molecule has 0 bridgehead atoms. The van der Waals surface area contributed by atoms with Crippen LogP contribution < -0.4 is 5.73 Å². The predicted octanol–water partition coefficient (Wildman–Crippen LogP) is 0.551. The van der Waals surface area contributed by atoms with Crippen LogP contribution in [0.5, 0.6) is 0 Å². The average Bonchev–Trinajstić information content (AvgIpc) is 2.26. The van der Waals surface area contributed by atoms with Gasteiger partial charge in [0.25, 0.3) is 0 Å². The van der Waals surface area contributed by atoms with Crippen LogP contribution in [0.2, 0.25) is 0 Å². The highest BCUT2D eigenvalue weighted by atomic mass is 16.5. The van der Waals surface area contributed by atoms with E-state index in [2.05, 4.69) is 5.92 Å². The number of hydrogen-bond donors (Lipinski definition) is 1. The third-order valence-corrected chi connectivity index (χ3v) is 3.16. The van der Waals surface area contributed by atoms with Crippen molar-refractivity contribution in [3.05, 3.63) is 0 Å². The number of carbonyl (C=O) groups is 1. The fourth-order valence-corrected chi connectivity index (χ4v) is 2.34. The molecule has 0 spiro atoms. The maximum absolute atomic E-state index is 11.2. The van der Waals surface area contributed by atoms with Gasteiger partial charge in [-0.25, -0.2) is 0 Å². The van der Waals surface area contributed by atoms with Gasteiger partial charge in [-0.05, 0) is 18.8 Å². The Hall–Kier alpha value is -1.05. The maximum atomic E-state index is 11.2. The molecule has 0 aliphatic heterocycles. The van der Waals surface area contributed by atoms with Crippen LogP contribution in [0, 0.1) is 24.2 Å². The zero-order valence-electron chi connectivity index (χ0n) is 9.81. The molecule has 4 atom stereocenters. The van der Waals surface area contributed by atoms with E-state index in [0.717, 1.165) is 6.42 Å². The van der Waals surface area contributed by atoms with Gasteiger partial charge >= 0.3 is 0 Å². The summed E-state index contributed by atoms with van der Waals surface area (Å²) in [5.74, 6) is 2.29. The van der Waals surface area contributed by atoms with E-state index in [1.54, 1.807) is 7.11 Å². The number of nitrogens with two attached hydrogens (primary N) is 1. The molecule has 90 valence electrons. The lowest BCUT2D eigenvalue weighted by Gasteiger charge is -2.38. The fourth-order valence-electron chi connectivity index (χ4n) is 2.34. The molecule has 0 aromatic carbocycles. The van der Waals surface area contributed by atoms with Crippen LogP contribution in [-0.2, 0) is 14.3 Å². The first-order valence-corrected chi connectivity index (χ1v) is 5.47. The summed E-state index contributed by atoms with van der Waals surface area (Å²) < 4.78 is 10.9. The SMILES string of the molecule is C#CCOC1C(C)CC(C(N)=O)CC1OC. The molecule has 0 aromatic rings. The summed E-state index contributed by atoms with van der Waals surface area (Å²) in [5.41, 5.74) is 5.32. The van der Waals surface area contributed by atoms with Gasteiger partial charge in [0.2, 0.25) is 5.91 Å². The standard InChI is InChI=1S/C12H19NO3/c1-4-5-16-11-8(2)6-9(12(13)14)7-10(11)15-3/h1,8-11H,5-7H2,2-3H3,(H2,13,14). The largest absolute Gasteiger partial charge is 0.379 e. The summed E-state index contributed by atoms with van der Waals surface area (Å²) in [7, 11) is 1.62. The lowest BCUT2D eigenvalue weighted by molar-refractivity contribution is -0.134. The van der Waals surface area contributed by atoms with E-state index >= 15 is 0 Å². The maximum Gasteiger partial charge on any atom is 0.220 e. The van der Waals surface area contributed by atoms with Gasteiger partial charge in [-0.2, -0.15) is 0 Å². The van der Waals surface area contributed by atoms with Gasteiger partial charge in [-0.3, -0.25) is 4.79 Å². The van der Waals surface area contributed by atoms with Crippen LogP contribution in [0.1, 0.15) is 19.8 Å². The molecule has 1 saturated carbocycles. The molecule has 1 amide bonds. The van der Waals surface area contributed by atoms with Gasteiger partial charge in [0.15, 0.2) is 0 Å². The normalized spacial score (nSPS) is 34.3. The molecule has 1 aliphatic carbocycles. The first-order valence-electron chi connectivity index (χ1n) is 5.47. The monoisotopic (exact) mass is 225 g/mol. The van der Waals surface area contributed by atoms with Crippen LogP contribution in [0.25, 0.3) is 0 Å². The summed E-state index contributed by atoms with van der Waals surface area (Å²) in [6.45, 7) is 2.30. The van der Waals surface area contributed by atoms with Gasteiger partial charge in [0, 0.05) is 13.0 Å². The molecule has 0 radical (unpaired) electrons. The Morgan fingerprint density at radius 2 is 2.25 bits per heavy atom. The molecular weight excluding hydrogens is 206 g/mol. The highest BCUT2D eigenvalue weighted by Crippen LogP contribution is 2.32. The summed E-state index contributed by atoms with van der Waals surface area (Å²) in [6.07, 6.45) is 6.37. The number of methoxy groups -OCH3 is 1. The Labute approximate surface area is 96.5 Å². The molecular formula is C12H19NO3. The molecule has 2 N–H and O–H groups in total. The third-order valence-electron chi connectivity index (χ3n) is 3.16. The van der Waals surface area contributed by atoms with Crippen molar-refractivity contribution < 1.29 is 14.3 Å². The van der Waals surface area contributed by atoms with E-state index in [4.69, 9.17) is 21.6 Å². The number of ether oxygens (including phenoxy) is 2. The van der Waals surface area contributed by atoms with Gasteiger partial charge in [-0.15, -0.1) is 6.42 Å². The quantitative estimate of drug-likeness (QED) is 0.711. The summed E-state index contributed by atoms with van der Waals surface area (Å²) in [6, 6.07) is 0. The highest BCUT2D eigenvalue weighted by Gasteiger charge is 2.38. The number of terminal acetylenes is 1. The fraction of sp³-hybridized carbons (Fsp3) is 0.750. The zero-order chi connectivity index (χ0) is 12.1. The van der Waals surface area contributed by atoms with E-state index in [9.17, 15) is 4.79 Å². The van der Waals surface area contributed by atoms with Gasteiger partial charge < -0.3 is 15.2 Å². The minimum atomic E-state index is -0.260. The number of carbonyl (C=O) groups excluding carboxylic acids is 1. The van der Waals surface area contributed by atoms with Crippen molar-refractivity contribution in [1.82, 2.24) is 0 Å². The zero-order valence-corrected chi connectivity index (χ0v) is 9.81. The molecule has 4 heteroatoms. The van der Waals surface area contributed by atoms with Crippen LogP contribution in [0.3, 0.4) is 0 Å². The molecule has 0 saturated heterocycles. The van der Waals surface area contributed by atoms with Crippen LogP contribution in [0.4, 0.5) is 0 Å². The van der Waals surface area contributed by atoms with Crippen molar-refractivity contribution in [2.45, 2.75) is 32.0 Å². The topological polar surface area (TPSA) is 61.5 Å². The minimum absolute atomic E-state index is 0.0448. The van der Waals surface area contributed by atoms with Crippen molar-refractivity contribution in [3.8, 4) is 12.3 Å². The first kappa shape index (κ1) is 13.0.